The van der Waals surface area contributed by atoms with Crippen LogP contribution in [-0.2, 0) is 9.59 Å². The number of rotatable bonds is 3. The van der Waals surface area contributed by atoms with Gasteiger partial charge in [0.05, 0.1) is 5.97 Å². The van der Waals surface area contributed by atoms with E-state index < -0.39 is 17.8 Å². The second kappa shape index (κ2) is 6.69. The summed E-state index contributed by atoms with van der Waals surface area (Å²) < 4.78 is 0.767. The van der Waals surface area contributed by atoms with Crippen LogP contribution in [-0.4, -0.2) is 17.8 Å². The lowest BCUT2D eigenvalue weighted by molar-refractivity contribution is -0.297. The van der Waals surface area contributed by atoms with Gasteiger partial charge in [-0.3, -0.25) is 20.4 Å². The minimum Gasteiger partial charge on any atom is -0.545 e. The van der Waals surface area contributed by atoms with Crippen molar-refractivity contribution in [1.29, 1.82) is 0 Å². The fourth-order valence-corrected chi connectivity index (χ4v) is 1.49. The molecule has 0 fully saturated rings. The van der Waals surface area contributed by atoms with E-state index in [1.54, 1.807) is 18.2 Å². The van der Waals surface area contributed by atoms with Gasteiger partial charge in [-0.05, 0) is 30.7 Å². The lowest BCUT2D eigenvalue weighted by atomic mass is 10.1. The fraction of sp³-hybridized carbons (Fsp3) is 0.0833. The van der Waals surface area contributed by atoms with Crippen LogP contribution >= 0.6 is 15.9 Å². The summed E-state index contributed by atoms with van der Waals surface area (Å²) in [4.78, 5) is 32.8. The molecule has 0 aliphatic carbocycles. The molecule has 0 unspecified atom stereocenters. The number of carbonyl (C=O) groups is 3. The quantitative estimate of drug-likeness (QED) is 0.595. The van der Waals surface area contributed by atoms with E-state index in [2.05, 4.69) is 21.4 Å². The second-order valence-electron chi connectivity index (χ2n) is 3.56. The minimum atomic E-state index is -1.50. The highest BCUT2D eigenvalue weighted by atomic mass is 79.9. The third-order valence-electron chi connectivity index (χ3n) is 2.10. The predicted octanol–water partition coefficient (Wildman–Crippen LogP) is -0.175. The molecule has 0 atom stereocenters. The van der Waals surface area contributed by atoms with Crippen molar-refractivity contribution in [2.75, 3.05) is 0 Å². The van der Waals surface area contributed by atoms with Crippen LogP contribution < -0.4 is 16.0 Å². The Labute approximate surface area is 117 Å². The van der Waals surface area contributed by atoms with E-state index in [9.17, 15) is 19.5 Å². The summed E-state index contributed by atoms with van der Waals surface area (Å²) in [5, 5.41) is 10.1. The first-order valence-corrected chi connectivity index (χ1v) is 5.95. The maximum absolute atomic E-state index is 11.7. The summed E-state index contributed by atoms with van der Waals surface area (Å²) in [6.45, 7) is 1.87. The van der Waals surface area contributed by atoms with Gasteiger partial charge in [0, 0.05) is 16.1 Å². The van der Waals surface area contributed by atoms with Crippen molar-refractivity contribution < 1.29 is 19.5 Å². The van der Waals surface area contributed by atoms with Crippen LogP contribution in [0.3, 0.4) is 0 Å². The van der Waals surface area contributed by atoms with Gasteiger partial charge in [-0.25, -0.2) is 0 Å². The Kier molecular flexibility index (Phi) is 5.25. The van der Waals surface area contributed by atoms with Crippen molar-refractivity contribution in [3.05, 3.63) is 46.0 Å². The SMILES string of the molecule is Cc1ccc(C(=O)NNC(=O)/C=C/C(=O)[O-])cc1Br. The average molecular weight is 326 g/mol. The molecular formula is C12H10BrN2O4-. The molecule has 19 heavy (non-hydrogen) atoms. The zero-order valence-corrected chi connectivity index (χ0v) is 11.5. The van der Waals surface area contributed by atoms with Crippen LogP contribution in [0, 0.1) is 6.92 Å². The molecule has 1 aromatic rings. The van der Waals surface area contributed by atoms with Crippen LogP contribution in [0.2, 0.25) is 0 Å². The summed E-state index contributed by atoms with van der Waals surface area (Å²) >= 11 is 3.28. The zero-order chi connectivity index (χ0) is 14.4. The van der Waals surface area contributed by atoms with Gasteiger partial charge in [0.25, 0.3) is 11.8 Å². The molecule has 0 saturated carbocycles. The molecule has 0 bridgehead atoms. The number of carboxylic acids is 1. The highest BCUT2D eigenvalue weighted by molar-refractivity contribution is 9.10. The van der Waals surface area contributed by atoms with Gasteiger partial charge in [0.2, 0.25) is 0 Å². The van der Waals surface area contributed by atoms with E-state index in [0.717, 1.165) is 16.1 Å². The Hall–Kier alpha value is -2.15. The average Bonchev–Trinajstić information content (AvgIpc) is 2.36. The molecule has 7 heteroatoms. The third-order valence-corrected chi connectivity index (χ3v) is 2.96. The Balaban J connectivity index is 2.58. The van der Waals surface area contributed by atoms with Gasteiger partial charge < -0.3 is 9.90 Å². The number of carbonyl (C=O) groups excluding carboxylic acids is 3. The number of halogens is 1. The van der Waals surface area contributed by atoms with Gasteiger partial charge >= 0.3 is 0 Å². The van der Waals surface area contributed by atoms with Gasteiger partial charge in [-0.1, -0.05) is 22.0 Å². The lowest BCUT2D eigenvalue weighted by Gasteiger charge is -2.06. The van der Waals surface area contributed by atoms with E-state index in [1.807, 2.05) is 12.3 Å². The number of hydrogen-bond donors (Lipinski definition) is 2. The highest BCUT2D eigenvalue weighted by Gasteiger charge is 2.07. The first-order valence-electron chi connectivity index (χ1n) is 5.15. The molecule has 0 heterocycles. The summed E-state index contributed by atoms with van der Waals surface area (Å²) in [6.07, 6.45) is 1.30. The first-order chi connectivity index (χ1) is 8.90. The topological polar surface area (TPSA) is 98.3 Å². The lowest BCUT2D eigenvalue weighted by Crippen LogP contribution is -2.41. The molecule has 0 spiro atoms. The number of carboxylic acid groups (broad SMARTS) is 1. The van der Waals surface area contributed by atoms with E-state index in [1.165, 1.54) is 0 Å². The number of hydrazine groups is 1. The maximum Gasteiger partial charge on any atom is 0.269 e. The third kappa shape index (κ3) is 4.92. The molecule has 0 aliphatic rings. The molecule has 0 aliphatic heterocycles. The van der Waals surface area contributed by atoms with Crippen LogP contribution in [0.1, 0.15) is 15.9 Å². The Morgan fingerprint density at radius 1 is 1.21 bits per heavy atom. The van der Waals surface area contributed by atoms with Gasteiger partial charge in [0.1, 0.15) is 0 Å². The summed E-state index contributed by atoms with van der Waals surface area (Å²) in [5.41, 5.74) is 5.50. The monoisotopic (exact) mass is 325 g/mol. The predicted molar refractivity (Wildman–Crippen MR) is 68.6 cm³/mol. The molecule has 100 valence electrons. The van der Waals surface area contributed by atoms with Gasteiger partial charge in [0.15, 0.2) is 0 Å². The summed E-state index contributed by atoms with van der Waals surface area (Å²) in [5.74, 6) is -2.79. The van der Waals surface area contributed by atoms with Gasteiger partial charge in [-0.15, -0.1) is 0 Å². The first kappa shape index (κ1) is 14.9. The Morgan fingerprint density at radius 2 is 1.89 bits per heavy atom. The molecule has 0 aromatic heterocycles. The molecule has 0 saturated heterocycles. The molecule has 2 amide bonds. The summed E-state index contributed by atoms with van der Waals surface area (Å²) in [7, 11) is 0. The number of hydrogen-bond acceptors (Lipinski definition) is 4. The van der Waals surface area contributed by atoms with Gasteiger partial charge in [-0.2, -0.15) is 0 Å². The van der Waals surface area contributed by atoms with E-state index >= 15 is 0 Å². The van der Waals surface area contributed by atoms with Crippen LogP contribution in [0.4, 0.5) is 0 Å². The molecule has 2 N–H and O–H groups in total. The van der Waals surface area contributed by atoms with E-state index in [-0.39, 0.29) is 0 Å². The number of aliphatic carboxylic acids is 1. The smallest absolute Gasteiger partial charge is 0.269 e. The number of nitrogens with one attached hydrogen (secondary N) is 2. The molecule has 6 nitrogen and oxygen atoms in total. The fourth-order valence-electron chi connectivity index (χ4n) is 1.11. The normalized spacial score (nSPS) is 10.2. The van der Waals surface area contributed by atoms with Crippen LogP contribution in [0.25, 0.3) is 0 Å². The maximum atomic E-state index is 11.7. The minimum absolute atomic E-state index is 0.349. The molecule has 1 aromatic carbocycles. The molecule has 0 radical (unpaired) electrons. The van der Waals surface area contributed by atoms with Crippen LogP contribution in [0.5, 0.6) is 0 Å². The number of amides is 2. The van der Waals surface area contributed by atoms with Crippen molar-refractivity contribution in [1.82, 2.24) is 10.9 Å². The van der Waals surface area contributed by atoms with Crippen molar-refractivity contribution in [3.8, 4) is 0 Å². The van der Waals surface area contributed by atoms with Crippen molar-refractivity contribution in [2.24, 2.45) is 0 Å². The highest BCUT2D eigenvalue weighted by Crippen LogP contribution is 2.17. The second-order valence-corrected chi connectivity index (χ2v) is 4.41. The summed E-state index contributed by atoms with van der Waals surface area (Å²) in [6, 6.07) is 4.95. The Morgan fingerprint density at radius 3 is 2.47 bits per heavy atom. The number of benzene rings is 1. The van der Waals surface area contributed by atoms with Crippen molar-refractivity contribution >= 4 is 33.7 Å². The van der Waals surface area contributed by atoms with Crippen molar-refractivity contribution in [3.63, 3.8) is 0 Å². The standard InChI is InChI=1S/C12H11BrN2O4/c1-7-2-3-8(6-9(7)13)12(19)15-14-10(16)4-5-11(17)18/h2-6H,1H3,(H,14,16)(H,15,19)(H,17,18)/p-1/b5-4+. The van der Waals surface area contributed by atoms with E-state index in [0.29, 0.717) is 11.6 Å². The van der Waals surface area contributed by atoms with Crippen molar-refractivity contribution in [2.45, 2.75) is 6.92 Å². The van der Waals surface area contributed by atoms with E-state index in [4.69, 9.17) is 0 Å². The Bertz CT molecular complexity index is 555. The number of aryl methyl sites for hydroxylation is 1. The molecule has 1 rings (SSSR count). The molecular weight excluding hydrogens is 316 g/mol. The van der Waals surface area contributed by atoms with Crippen LogP contribution in [0.15, 0.2) is 34.8 Å². The largest absolute Gasteiger partial charge is 0.545 e. The zero-order valence-electron chi connectivity index (χ0n) is 9.90.